The Bertz CT molecular complexity index is 1180. The first-order valence-corrected chi connectivity index (χ1v) is 11.3. The minimum Gasteiger partial charge on any atom is -0.465 e. The van der Waals surface area contributed by atoms with Gasteiger partial charge in [-0.1, -0.05) is 49.7 Å². The van der Waals surface area contributed by atoms with Gasteiger partial charge in [-0.2, -0.15) is 5.26 Å². The Morgan fingerprint density at radius 2 is 1.94 bits per heavy atom. The van der Waals surface area contributed by atoms with E-state index in [1.807, 2.05) is 43.0 Å². The van der Waals surface area contributed by atoms with Crippen LogP contribution < -0.4 is 5.32 Å². The summed E-state index contributed by atoms with van der Waals surface area (Å²) >= 11 is 5.87. The highest BCUT2D eigenvalue weighted by Crippen LogP contribution is 2.44. The number of halogens is 2. The number of nitrogens with zero attached hydrogens (tertiary/aromatic N) is 2. The van der Waals surface area contributed by atoms with Crippen LogP contribution in [0.25, 0.3) is 0 Å². The van der Waals surface area contributed by atoms with Crippen LogP contribution in [0.15, 0.2) is 36.4 Å². The van der Waals surface area contributed by atoms with Crippen molar-refractivity contribution in [3.63, 3.8) is 0 Å². The molecule has 0 aliphatic carbocycles. The monoisotopic (exact) mass is 485 g/mol. The predicted molar refractivity (Wildman–Crippen MR) is 124 cm³/mol. The van der Waals surface area contributed by atoms with Crippen LogP contribution >= 0.6 is 11.6 Å². The molecule has 2 saturated heterocycles. The van der Waals surface area contributed by atoms with Crippen LogP contribution in [0.3, 0.4) is 0 Å². The van der Waals surface area contributed by atoms with E-state index in [1.165, 1.54) is 7.11 Å². The molecule has 7 nitrogen and oxygen atoms in total. The van der Waals surface area contributed by atoms with Crippen LogP contribution in [0.2, 0.25) is 5.02 Å². The molecule has 0 saturated carbocycles. The number of anilines is 1. The fourth-order valence-electron chi connectivity index (χ4n) is 4.56. The number of benzene rings is 2. The quantitative estimate of drug-likeness (QED) is 0.624. The zero-order chi connectivity index (χ0) is 24.7. The molecule has 0 bridgehead atoms. The second-order valence-electron chi connectivity index (χ2n) is 9.07. The average Bonchev–Trinajstić information content (AvgIpc) is 2.76. The predicted octanol–water partition coefficient (Wildman–Crippen LogP) is 3.87. The molecule has 0 radical (unpaired) electrons. The number of hydrogen-bond donors (Lipinski definition) is 1. The summed E-state index contributed by atoms with van der Waals surface area (Å²) in [5.74, 6) is -1.78. The van der Waals surface area contributed by atoms with Gasteiger partial charge in [-0.25, -0.2) is 9.18 Å². The van der Waals surface area contributed by atoms with Crippen molar-refractivity contribution in [3.8, 4) is 6.07 Å². The fraction of sp³-hybridized carbons (Fsp3) is 0.400. The summed E-state index contributed by atoms with van der Waals surface area (Å²) in [4.78, 5) is 28.1. The third-order valence-corrected chi connectivity index (χ3v) is 6.95. The van der Waals surface area contributed by atoms with Gasteiger partial charge in [0.2, 0.25) is 5.91 Å². The van der Waals surface area contributed by atoms with Crippen LogP contribution in [0, 0.1) is 17.1 Å². The second-order valence-corrected chi connectivity index (χ2v) is 9.48. The Kier molecular flexibility index (Phi) is 6.38. The summed E-state index contributed by atoms with van der Waals surface area (Å²) in [5, 5.41) is 12.2. The van der Waals surface area contributed by atoms with Crippen molar-refractivity contribution in [2.24, 2.45) is 0 Å². The van der Waals surface area contributed by atoms with Crippen molar-refractivity contribution in [2.45, 2.75) is 30.7 Å². The second kappa shape index (κ2) is 8.99. The smallest absolute Gasteiger partial charge is 0.340 e. The number of methoxy groups -OCH3 is 1. The number of nitriles is 1. The molecule has 0 aromatic heterocycles. The number of likely N-dealkylation sites (tertiary alicyclic amines) is 1. The van der Waals surface area contributed by atoms with E-state index < -0.39 is 28.6 Å². The molecule has 1 N–H and O–H groups in total. The SMILES string of the molecule is COC(=O)c1cc(Cl)c(F)cc1NC(=O)C1(c2ccccc2C(C)C)CN(C2(C#N)COC2)C1. The first-order chi connectivity index (χ1) is 16.2. The summed E-state index contributed by atoms with van der Waals surface area (Å²) in [6, 6.07) is 12.1. The van der Waals surface area contributed by atoms with Crippen molar-refractivity contribution in [2.75, 3.05) is 38.7 Å². The van der Waals surface area contributed by atoms with Gasteiger partial charge in [0.1, 0.15) is 11.2 Å². The van der Waals surface area contributed by atoms with Crippen LogP contribution in [-0.2, 0) is 19.7 Å². The van der Waals surface area contributed by atoms with E-state index in [9.17, 15) is 19.2 Å². The highest BCUT2D eigenvalue weighted by molar-refractivity contribution is 6.31. The molecule has 2 aromatic carbocycles. The van der Waals surface area contributed by atoms with Gasteiger partial charge in [0.05, 0.1) is 42.7 Å². The molecular weight excluding hydrogens is 461 g/mol. The third-order valence-electron chi connectivity index (χ3n) is 6.66. The van der Waals surface area contributed by atoms with Gasteiger partial charge < -0.3 is 14.8 Å². The number of ether oxygens (including phenoxy) is 2. The third kappa shape index (κ3) is 3.84. The molecule has 0 atom stereocenters. The number of rotatable bonds is 6. The molecule has 1 amide bonds. The maximum Gasteiger partial charge on any atom is 0.340 e. The zero-order valence-electron chi connectivity index (χ0n) is 19.2. The maximum absolute atomic E-state index is 14.3. The summed E-state index contributed by atoms with van der Waals surface area (Å²) < 4.78 is 24.4. The van der Waals surface area contributed by atoms with Gasteiger partial charge in [0, 0.05) is 13.1 Å². The summed E-state index contributed by atoms with van der Waals surface area (Å²) in [5.41, 5.74) is -0.0128. The summed E-state index contributed by atoms with van der Waals surface area (Å²) in [7, 11) is 1.19. The van der Waals surface area contributed by atoms with Crippen molar-refractivity contribution in [1.82, 2.24) is 4.90 Å². The van der Waals surface area contributed by atoms with E-state index in [4.69, 9.17) is 21.1 Å². The molecule has 9 heteroatoms. The van der Waals surface area contributed by atoms with Gasteiger partial charge in [0.25, 0.3) is 0 Å². The lowest BCUT2D eigenvalue weighted by Crippen LogP contribution is -2.75. The van der Waals surface area contributed by atoms with Crippen LogP contribution in [0.1, 0.15) is 41.3 Å². The Labute approximate surface area is 202 Å². The normalized spacial score (nSPS) is 18.4. The van der Waals surface area contributed by atoms with Gasteiger partial charge >= 0.3 is 5.97 Å². The molecule has 0 unspecified atom stereocenters. The van der Waals surface area contributed by atoms with E-state index in [0.29, 0.717) is 0 Å². The number of esters is 1. The Balaban J connectivity index is 1.75. The molecule has 2 fully saturated rings. The largest absolute Gasteiger partial charge is 0.465 e. The molecule has 0 spiro atoms. The van der Waals surface area contributed by atoms with Crippen LogP contribution in [0.4, 0.5) is 10.1 Å². The zero-order valence-corrected chi connectivity index (χ0v) is 19.9. The van der Waals surface area contributed by atoms with E-state index in [0.717, 1.165) is 23.3 Å². The molecule has 2 aliphatic heterocycles. The lowest BCUT2D eigenvalue weighted by molar-refractivity contribution is -0.160. The molecule has 178 valence electrons. The van der Waals surface area contributed by atoms with E-state index >= 15 is 0 Å². The molecule has 4 rings (SSSR count). The molecule has 2 aliphatic rings. The minimum absolute atomic E-state index is 0.0272. The molecule has 34 heavy (non-hydrogen) atoms. The molecular formula is C25H25ClFN3O4. The lowest BCUT2D eigenvalue weighted by atomic mass is 9.67. The minimum atomic E-state index is -1.01. The molecule has 2 heterocycles. The van der Waals surface area contributed by atoms with E-state index in [1.54, 1.807) is 0 Å². The van der Waals surface area contributed by atoms with Gasteiger partial charge in [-0.3, -0.25) is 9.69 Å². The van der Waals surface area contributed by atoms with Gasteiger partial charge in [-0.05, 0) is 29.2 Å². The van der Waals surface area contributed by atoms with Crippen molar-refractivity contribution in [3.05, 3.63) is 63.9 Å². The highest BCUT2D eigenvalue weighted by atomic mass is 35.5. The van der Waals surface area contributed by atoms with Crippen molar-refractivity contribution >= 4 is 29.2 Å². The molecule has 2 aromatic rings. The van der Waals surface area contributed by atoms with Gasteiger partial charge in [0.15, 0.2) is 5.54 Å². The van der Waals surface area contributed by atoms with Crippen molar-refractivity contribution < 1.29 is 23.5 Å². The van der Waals surface area contributed by atoms with E-state index in [2.05, 4.69) is 11.4 Å². The fourth-order valence-corrected chi connectivity index (χ4v) is 4.73. The lowest BCUT2D eigenvalue weighted by Gasteiger charge is -2.57. The number of carbonyl (C=O) groups is 2. The summed E-state index contributed by atoms with van der Waals surface area (Å²) in [6.07, 6.45) is 0. The number of nitrogens with one attached hydrogen (secondary N) is 1. The first-order valence-electron chi connectivity index (χ1n) is 10.9. The Hall–Kier alpha value is -2.99. The topological polar surface area (TPSA) is 91.7 Å². The van der Waals surface area contributed by atoms with E-state index in [-0.39, 0.29) is 48.5 Å². The van der Waals surface area contributed by atoms with Crippen LogP contribution in [-0.4, -0.2) is 55.7 Å². The standard InChI is InChI=1S/C25H25ClFN3O4/c1-15(2)16-6-4-5-7-18(16)25(11-30(12-25)24(10-28)13-34-14-24)23(32)29-21-9-20(27)19(26)8-17(21)22(31)33-3/h4-9,15H,11-14H2,1-3H3,(H,29,32). The summed E-state index contributed by atoms with van der Waals surface area (Å²) in [6.45, 7) is 5.21. The highest BCUT2D eigenvalue weighted by Gasteiger charge is 2.60. The number of hydrogen-bond acceptors (Lipinski definition) is 6. The van der Waals surface area contributed by atoms with Crippen molar-refractivity contribution in [1.29, 1.82) is 5.26 Å². The van der Waals surface area contributed by atoms with Crippen LogP contribution in [0.5, 0.6) is 0 Å². The number of carbonyl (C=O) groups excluding carboxylic acids is 2. The maximum atomic E-state index is 14.3. The van der Waals surface area contributed by atoms with Gasteiger partial charge in [-0.15, -0.1) is 0 Å². The Morgan fingerprint density at radius 1 is 1.26 bits per heavy atom. The average molecular weight is 486 g/mol. The number of amides is 1. The Morgan fingerprint density at radius 3 is 2.50 bits per heavy atom. The first kappa shape index (κ1) is 24.1.